The predicted octanol–water partition coefficient (Wildman–Crippen LogP) is 5.11. The first kappa shape index (κ1) is 21.3. The maximum absolute atomic E-state index is 15.2. The fraction of sp³-hybridized carbons (Fsp3) is 0.111. The molecule has 1 aliphatic carbocycles. The molecular weight excluding hydrogens is 471 g/mol. The standard InChI is InChI=1S/C27H19FN8O/c28-21-10-16(17-8-18(13-30-12-17)32-27(37)14-3-4-14)9-20-22(21)35-36-24(20)26-33-23-19(5-7-31-25(23)34-26)15-2-1-6-29-11-15/h1-2,5-14H,3-4H2,(H,32,37)(H,35,36)(H,31,33,34). The normalized spacial score (nSPS) is 13.3. The van der Waals surface area contributed by atoms with Gasteiger partial charge in [-0.05, 0) is 48.7 Å². The minimum atomic E-state index is -0.479. The molecule has 10 heteroatoms. The number of carbonyl (C=O) groups excluding carboxylic acids is 1. The van der Waals surface area contributed by atoms with E-state index in [9.17, 15) is 4.79 Å². The lowest BCUT2D eigenvalue weighted by Gasteiger charge is -2.07. The molecule has 1 saturated carbocycles. The van der Waals surface area contributed by atoms with Crippen molar-refractivity contribution in [2.75, 3.05) is 5.32 Å². The molecule has 1 aliphatic rings. The van der Waals surface area contributed by atoms with Crippen LogP contribution in [0.5, 0.6) is 0 Å². The van der Waals surface area contributed by atoms with Crippen LogP contribution in [-0.2, 0) is 4.79 Å². The third-order valence-electron chi connectivity index (χ3n) is 6.50. The summed E-state index contributed by atoms with van der Waals surface area (Å²) in [5.41, 5.74) is 5.70. The van der Waals surface area contributed by atoms with Crippen molar-refractivity contribution in [1.82, 2.24) is 35.1 Å². The summed E-state index contributed by atoms with van der Waals surface area (Å²) < 4.78 is 15.2. The second kappa shape index (κ2) is 8.30. The van der Waals surface area contributed by atoms with Crippen LogP contribution >= 0.6 is 0 Å². The van der Waals surface area contributed by atoms with Gasteiger partial charge in [0.05, 0.1) is 17.4 Å². The molecule has 180 valence electrons. The Morgan fingerprint density at radius 1 is 1.00 bits per heavy atom. The molecule has 0 aliphatic heterocycles. The number of aromatic amines is 2. The largest absolute Gasteiger partial charge is 0.335 e. The van der Waals surface area contributed by atoms with Crippen molar-refractivity contribution in [2.24, 2.45) is 5.92 Å². The van der Waals surface area contributed by atoms with Crippen molar-refractivity contribution in [3.63, 3.8) is 0 Å². The monoisotopic (exact) mass is 490 g/mol. The van der Waals surface area contributed by atoms with E-state index in [1.165, 1.54) is 6.07 Å². The van der Waals surface area contributed by atoms with Crippen LogP contribution in [0.25, 0.3) is 55.8 Å². The summed E-state index contributed by atoms with van der Waals surface area (Å²) in [7, 11) is 0. The Bertz CT molecular complexity index is 1810. The first-order valence-electron chi connectivity index (χ1n) is 11.8. The number of anilines is 1. The van der Waals surface area contributed by atoms with Gasteiger partial charge in [-0.25, -0.2) is 14.4 Å². The first-order chi connectivity index (χ1) is 18.1. The van der Waals surface area contributed by atoms with Crippen molar-refractivity contribution >= 4 is 33.7 Å². The Morgan fingerprint density at radius 3 is 2.73 bits per heavy atom. The number of nitrogens with one attached hydrogen (secondary N) is 3. The second-order valence-electron chi connectivity index (χ2n) is 9.06. The van der Waals surface area contributed by atoms with Gasteiger partial charge in [-0.1, -0.05) is 6.07 Å². The molecule has 6 aromatic rings. The predicted molar refractivity (Wildman–Crippen MR) is 137 cm³/mol. The molecule has 0 spiro atoms. The number of imidazole rings is 1. The molecule has 0 bridgehead atoms. The Labute approximate surface area is 209 Å². The van der Waals surface area contributed by atoms with Crippen LogP contribution in [0.1, 0.15) is 12.8 Å². The van der Waals surface area contributed by atoms with E-state index in [4.69, 9.17) is 0 Å². The van der Waals surface area contributed by atoms with Gasteiger partial charge in [-0.15, -0.1) is 0 Å². The summed E-state index contributed by atoms with van der Waals surface area (Å²) in [5, 5.41) is 10.6. The topological polar surface area (TPSA) is 125 Å². The van der Waals surface area contributed by atoms with Crippen molar-refractivity contribution in [2.45, 2.75) is 12.8 Å². The molecule has 1 aromatic carbocycles. The van der Waals surface area contributed by atoms with E-state index in [2.05, 4.69) is 40.4 Å². The number of nitrogens with zero attached hydrogens (tertiary/aromatic N) is 5. The molecule has 9 nitrogen and oxygen atoms in total. The third kappa shape index (κ3) is 3.79. The lowest BCUT2D eigenvalue weighted by Crippen LogP contribution is -2.13. The number of hydrogen-bond donors (Lipinski definition) is 3. The Kier molecular flexibility index (Phi) is 4.78. The number of hydrogen-bond acceptors (Lipinski definition) is 6. The molecule has 5 aromatic heterocycles. The van der Waals surface area contributed by atoms with E-state index in [1.54, 1.807) is 37.1 Å². The van der Waals surface area contributed by atoms with Crippen molar-refractivity contribution in [3.8, 4) is 33.8 Å². The van der Waals surface area contributed by atoms with E-state index in [-0.39, 0.29) is 17.3 Å². The molecule has 0 saturated heterocycles. The molecule has 5 heterocycles. The van der Waals surface area contributed by atoms with Crippen LogP contribution in [0.4, 0.5) is 10.1 Å². The zero-order valence-electron chi connectivity index (χ0n) is 19.4. The van der Waals surface area contributed by atoms with Gasteiger partial charge in [0, 0.05) is 52.8 Å². The quantitative estimate of drug-likeness (QED) is 0.308. The van der Waals surface area contributed by atoms with Crippen molar-refractivity contribution in [3.05, 3.63) is 73.2 Å². The van der Waals surface area contributed by atoms with Gasteiger partial charge in [-0.2, -0.15) is 5.10 Å². The first-order valence-corrected chi connectivity index (χ1v) is 11.8. The van der Waals surface area contributed by atoms with E-state index >= 15 is 4.39 Å². The smallest absolute Gasteiger partial charge is 0.227 e. The highest BCUT2D eigenvalue weighted by Gasteiger charge is 2.29. The maximum atomic E-state index is 15.2. The number of amides is 1. The highest BCUT2D eigenvalue weighted by atomic mass is 19.1. The average Bonchev–Trinajstić information content (AvgIpc) is 3.55. The zero-order valence-corrected chi connectivity index (χ0v) is 19.4. The zero-order chi connectivity index (χ0) is 24.9. The van der Waals surface area contributed by atoms with Crippen LogP contribution in [-0.4, -0.2) is 41.0 Å². The summed E-state index contributed by atoms with van der Waals surface area (Å²) in [6.07, 6.45) is 10.2. The summed E-state index contributed by atoms with van der Waals surface area (Å²) in [5.74, 6) is 0.0685. The van der Waals surface area contributed by atoms with E-state index < -0.39 is 5.82 Å². The lowest BCUT2D eigenvalue weighted by atomic mass is 10.0. The number of fused-ring (bicyclic) bond motifs is 2. The highest BCUT2D eigenvalue weighted by Crippen LogP contribution is 2.34. The summed E-state index contributed by atoms with van der Waals surface area (Å²) in [6.45, 7) is 0. The molecule has 1 fully saturated rings. The van der Waals surface area contributed by atoms with Crippen LogP contribution in [0.15, 0.2) is 67.4 Å². The molecule has 3 N–H and O–H groups in total. The number of H-pyrrole nitrogens is 2. The average molecular weight is 491 g/mol. The number of pyridine rings is 3. The number of carbonyl (C=O) groups is 1. The van der Waals surface area contributed by atoms with Crippen LogP contribution in [0.2, 0.25) is 0 Å². The van der Waals surface area contributed by atoms with Crippen LogP contribution in [0.3, 0.4) is 0 Å². The Hall–Kier alpha value is -4.99. The molecule has 0 atom stereocenters. The van der Waals surface area contributed by atoms with Crippen LogP contribution in [0, 0.1) is 11.7 Å². The van der Waals surface area contributed by atoms with Gasteiger partial charge >= 0.3 is 0 Å². The Balaban J connectivity index is 1.31. The second-order valence-corrected chi connectivity index (χ2v) is 9.06. The Morgan fingerprint density at radius 2 is 1.89 bits per heavy atom. The van der Waals surface area contributed by atoms with Gasteiger partial charge in [0.2, 0.25) is 5.91 Å². The summed E-state index contributed by atoms with van der Waals surface area (Å²) in [6, 6.07) is 10.8. The van der Waals surface area contributed by atoms with Gasteiger partial charge in [0.15, 0.2) is 17.3 Å². The minimum Gasteiger partial charge on any atom is -0.335 e. The minimum absolute atomic E-state index is 0.0122. The lowest BCUT2D eigenvalue weighted by molar-refractivity contribution is -0.117. The fourth-order valence-corrected chi connectivity index (χ4v) is 4.47. The van der Waals surface area contributed by atoms with Gasteiger partial charge in [-0.3, -0.25) is 19.9 Å². The molecular formula is C27H19FN8O. The summed E-state index contributed by atoms with van der Waals surface area (Å²) >= 11 is 0. The number of rotatable bonds is 5. The number of halogens is 1. The molecule has 37 heavy (non-hydrogen) atoms. The third-order valence-corrected chi connectivity index (χ3v) is 6.50. The highest BCUT2D eigenvalue weighted by molar-refractivity contribution is 5.98. The van der Waals surface area contributed by atoms with E-state index in [0.717, 1.165) is 29.5 Å². The molecule has 1 amide bonds. The van der Waals surface area contributed by atoms with Crippen LogP contribution < -0.4 is 5.32 Å². The van der Waals surface area contributed by atoms with Gasteiger partial charge in [0.25, 0.3) is 0 Å². The number of benzene rings is 1. The van der Waals surface area contributed by atoms with Gasteiger partial charge < -0.3 is 10.3 Å². The van der Waals surface area contributed by atoms with E-state index in [0.29, 0.717) is 39.4 Å². The number of aromatic nitrogens is 7. The SMILES string of the molecule is O=C(Nc1cncc(-c2cc(F)c3n[nH]c(-c4nc5nccc(-c6cccnc6)c5[nH]4)c3c2)c1)C1CC1. The molecule has 0 unspecified atom stereocenters. The van der Waals surface area contributed by atoms with Crippen molar-refractivity contribution < 1.29 is 9.18 Å². The molecule has 7 rings (SSSR count). The van der Waals surface area contributed by atoms with E-state index in [1.807, 2.05) is 24.3 Å². The van der Waals surface area contributed by atoms with Crippen molar-refractivity contribution in [1.29, 1.82) is 0 Å². The van der Waals surface area contributed by atoms with Gasteiger partial charge in [0.1, 0.15) is 11.2 Å². The summed E-state index contributed by atoms with van der Waals surface area (Å²) in [4.78, 5) is 33.0. The fourth-order valence-electron chi connectivity index (χ4n) is 4.47. The molecule has 0 radical (unpaired) electrons. The maximum Gasteiger partial charge on any atom is 0.227 e.